The van der Waals surface area contributed by atoms with Crippen LogP contribution in [0.5, 0.6) is 0 Å². The van der Waals surface area contributed by atoms with Crippen molar-refractivity contribution in [2.75, 3.05) is 19.8 Å². The maximum Gasteiger partial charge on any atom is 0.237 e. The molecule has 0 bridgehead atoms. The van der Waals surface area contributed by atoms with Crippen LogP contribution in [0.4, 0.5) is 4.39 Å². The van der Waals surface area contributed by atoms with Crippen molar-refractivity contribution < 1.29 is 17.6 Å². The van der Waals surface area contributed by atoms with Gasteiger partial charge in [-0.1, -0.05) is 12.1 Å². The first-order valence-electron chi connectivity index (χ1n) is 6.38. The smallest absolute Gasteiger partial charge is 0.237 e. The van der Waals surface area contributed by atoms with E-state index in [0.29, 0.717) is 16.3 Å². The molecule has 5 nitrogen and oxygen atoms in total. The predicted octanol–water partition coefficient (Wildman–Crippen LogP) is 1.95. The molecule has 8 heteroatoms. The Kier molecular flexibility index (Phi) is 4.92. The van der Waals surface area contributed by atoms with Crippen molar-refractivity contribution in [3.63, 3.8) is 0 Å². The number of thiazole rings is 1. The number of aromatic nitrogens is 1. The molecule has 1 aromatic heterocycles. The van der Waals surface area contributed by atoms with Crippen LogP contribution in [0.1, 0.15) is 5.69 Å². The third kappa shape index (κ3) is 4.11. The van der Waals surface area contributed by atoms with Gasteiger partial charge < -0.3 is 4.90 Å². The largest absolute Gasteiger partial charge is 0.348 e. The van der Waals surface area contributed by atoms with Crippen LogP contribution in [0, 0.1) is 5.82 Å². The number of benzene rings is 1. The molecule has 22 heavy (non-hydrogen) atoms. The Hall–Kier alpha value is -1.80. The van der Waals surface area contributed by atoms with Gasteiger partial charge in [0.15, 0.2) is 9.84 Å². The molecule has 0 atom stereocenters. The van der Waals surface area contributed by atoms with Gasteiger partial charge in [0.2, 0.25) is 5.91 Å². The molecule has 0 unspecified atom stereocenters. The average Bonchev–Trinajstić information content (AvgIpc) is 2.85. The average molecular weight is 342 g/mol. The van der Waals surface area contributed by atoms with E-state index in [1.165, 1.54) is 36.4 Å². The first-order valence-corrected chi connectivity index (χ1v) is 9.08. The molecule has 1 amide bonds. The van der Waals surface area contributed by atoms with Crippen LogP contribution in [0.25, 0.3) is 10.6 Å². The van der Waals surface area contributed by atoms with Crippen LogP contribution in [0.15, 0.2) is 29.6 Å². The Morgan fingerprint density at radius 1 is 1.32 bits per heavy atom. The van der Waals surface area contributed by atoms with Crippen LogP contribution in [0.2, 0.25) is 0 Å². The molecule has 2 rings (SSSR count). The van der Waals surface area contributed by atoms with E-state index in [0.717, 1.165) is 0 Å². The number of nitrogens with zero attached hydrogens (tertiary/aromatic N) is 2. The van der Waals surface area contributed by atoms with Crippen LogP contribution in [-0.4, -0.2) is 44.1 Å². The standard InChI is InChI=1S/C14H15FN2O3S2/c1-17(2)13(18)9-22(19,20)8-10-7-21-14(16-10)11-5-3-4-6-12(11)15/h3-7H,8-9H2,1-2H3. The Balaban J connectivity index is 2.16. The van der Waals surface area contributed by atoms with E-state index < -0.39 is 27.3 Å². The first kappa shape index (κ1) is 16.6. The lowest BCUT2D eigenvalue weighted by atomic mass is 10.2. The topological polar surface area (TPSA) is 67.3 Å². The number of rotatable bonds is 5. The zero-order valence-electron chi connectivity index (χ0n) is 12.1. The number of carbonyl (C=O) groups is 1. The van der Waals surface area contributed by atoms with Gasteiger partial charge in [0.25, 0.3) is 0 Å². The quantitative estimate of drug-likeness (QED) is 0.833. The summed E-state index contributed by atoms with van der Waals surface area (Å²) in [5, 5.41) is 1.99. The van der Waals surface area contributed by atoms with Crippen molar-refractivity contribution in [3.8, 4) is 10.6 Å². The number of halogens is 1. The molecule has 0 saturated carbocycles. The summed E-state index contributed by atoms with van der Waals surface area (Å²) in [5.41, 5.74) is 0.648. The maximum atomic E-state index is 13.7. The second-order valence-corrected chi connectivity index (χ2v) is 7.87. The summed E-state index contributed by atoms with van der Waals surface area (Å²) in [5.74, 6) is -1.79. The van der Waals surface area contributed by atoms with Gasteiger partial charge in [0, 0.05) is 25.0 Å². The summed E-state index contributed by atoms with van der Waals surface area (Å²) in [7, 11) is -0.605. The van der Waals surface area contributed by atoms with Crippen molar-refractivity contribution in [2.45, 2.75) is 5.75 Å². The lowest BCUT2D eigenvalue weighted by molar-refractivity contribution is -0.125. The molecule has 0 aliphatic carbocycles. The Bertz CT molecular complexity index is 785. The lowest BCUT2D eigenvalue weighted by Gasteiger charge is -2.09. The van der Waals surface area contributed by atoms with Gasteiger partial charge in [-0.15, -0.1) is 11.3 Å². The molecular formula is C14H15FN2O3S2. The summed E-state index contributed by atoms with van der Waals surface area (Å²) in [6.07, 6.45) is 0. The van der Waals surface area contributed by atoms with Crippen molar-refractivity contribution >= 4 is 27.1 Å². The van der Waals surface area contributed by atoms with E-state index in [2.05, 4.69) is 4.98 Å². The van der Waals surface area contributed by atoms with Crippen LogP contribution in [-0.2, 0) is 20.4 Å². The Morgan fingerprint density at radius 3 is 2.64 bits per heavy atom. The van der Waals surface area contributed by atoms with Gasteiger partial charge in [-0.25, -0.2) is 17.8 Å². The SMILES string of the molecule is CN(C)C(=O)CS(=O)(=O)Cc1csc(-c2ccccc2F)n1. The minimum atomic E-state index is -3.60. The van der Waals surface area contributed by atoms with Crippen molar-refractivity contribution in [1.29, 1.82) is 0 Å². The first-order chi connectivity index (χ1) is 10.3. The predicted molar refractivity (Wildman–Crippen MR) is 83.7 cm³/mol. The number of carbonyl (C=O) groups excluding carboxylic acids is 1. The molecule has 1 heterocycles. The molecule has 0 aliphatic heterocycles. The zero-order chi connectivity index (χ0) is 16.3. The normalized spacial score (nSPS) is 11.4. The minimum Gasteiger partial charge on any atom is -0.348 e. The lowest BCUT2D eigenvalue weighted by Crippen LogP contribution is -2.29. The summed E-state index contributed by atoms with van der Waals surface area (Å²) in [6, 6.07) is 6.17. The molecule has 0 radical (unpaired) electrons. The number of hydrogen-bond acceptors (Lipinski definition) is 5. The van der Waals surface area contributed by atoms with Crippen LogP contribution < -0.4 is 0 Å². The molecule has 2 aromatic rings. The fourth-order valence-corrected chi connectivity index (χ4v) is 4.01. The molecule has 0 spiro atoms. The van der Waals surface area contributed by atoms with Gasteiger partial charge in [-0.2, -0.15) is 0 Å². The van der Waals surface area contributed by atoms with Gasteiger partial charge in [-0.05, 0) is 12.1 Å². The minimum absolute atomic E-state index is 0.315. The van der Waals surface area contributed by atoms with E-state index in [-0.39, 0.29) is 5.75 Å². The molecule has 0 N–H and O–H groups in total. The van der Waals surface area contributed by atoms with E-state index in [1.807, 2.05) is 0 Å². The highest BCUT2D eigenvalue weighted by atomic mass is 32.2. The van der Waals surface area contributed by atoms with Gasteiger partial charge in [0.1, 0.15) is 16.6 Å². The van der Waals surface area contributed by atoms with Gasteiger partial charge in [-0.3, -0.25) is 4.79 Å². The van der Waals surface area contributed by atoms with E-state index >= 15 is 0 Å². The molecular weight excluding hydrogens is 327 g/mol. The molecule has 0 saturated heterocycles. The van der Waals surface area contributed by atoms with Crippen LogP contribution in [0.3, 0.4) is 0 Å². The third-order valence-electron chi connectivity index (χ3n) is 2.87. The fraction of sp³-hybridized carbons (Fsp3) is 0.286. The third-order valence-corrected chi connectivity index (χ3v) is 5.21. The van der Waals surface area contributed by atoms with Crippen molar-refractivity contribution in [1.82, 2.24) is 9.88 Å². The zero-order valence-corrected chi connectivity index (χ0v) is 13.7. The summed E-state index contributed by atoms with van der Waals surface area (Å²) in [6.45, 7) is 0. The molecule has 0 fully saturated rings. The number of sulfone groups is 1. The molecule has 118 valence electrons. The number of amides is 1. The summed E-state index contributed by atoms with van der Waals surface area (Å²) >= 11 is 1.17. The number of hydrogen-bond donors (Lipinski definition) is 0. The van der Waals surface area contributed by atoms with E-state index in [1.54, 1.807) is 23.6 Å². The van der Waals surface area contributed by atoms with Crippen LogP contribution >= 0.6 is 11.3 Å². The second kappa shape index (κ2) is 6.53. The van der Waals surface area contributed by atoms with Gasteiger partial charge in [0.05, 0.1) is 11.4 Å². The van der Waals surface area contributed by atoms with Gasteiger partial charge >= 0.3 is 0 Å². The van der Waals surface area contributed by atoms with Crippen molar-refractivity contribution in [2.24, 2.45) is 0 Å². The highest BCUT2D eigenvalue weighted by Gasteiger charge is 2.20. The Labute approximate surface area is 132 Å². The molecule has 1 aromatic carbocycles. The monoisotopic (exact) mass is 342 g/mol. The summed E-state index contributed by atoms with van der Waals surface area (Å²) < 4.78 is 37.6. The molecule has 0 aliphatic rings. The highest BCUT2D eigenvalue weighted by molar-refractivity contribution is 7.91. The summed E-state index contributed by atoms with van der Waals surface area (Å²) in [4.78, 5) is 16.9. The fourth-order valence-electron chi connectivity index (χ4n) is 1.73. The Morgan fingerprint density at radius 2 is 2.00 bits per heavy atom. The maximum absolute atomic E-state index is 13.7. The highest BCUT2D eigenvalue weighted by Crippen LogP contribution is 2.26. The second-order valence-electron chi connectivity index (χ2n) is 4.94. The van der Waals surface area contributed by atoms with E-state index in [4.69, 9.17) is 0 Å². The van der Waals surface area contributed by atoms with E-state index in [9.17, 15) is 17.6 Å². The van der Waals surface area contributed by atoms with Crippen molar-refractivity contribution in [3.05, 3.63) is 41.2 Å².